The fraction of sp³-hybridized carbons (Fsp3) is 0.192. The van der Waals surface area contributed by atoms with E-state index in [1.807, 2.05) is 24.3 Å². The largest absolute Gasteiger partial charge is 0.482 e. The van der Waals surface area contributed by atoms with Crippen LogP contribution in [0.5, 0.6) is 5.75 Å². The summed E-state index contributed by atoms with van der Waals surface area (Å²) in [6.45, 7) is 2.78. The quantitative estimate of drug-likeness (QED) is 0.479. The molecule has 0 saturated heterocycles. The van der Waals surface area contributed by atoms with E-state index in [9.17, 15) is 4.79 Å². The van der Waals surface area contributed by atoms with Gasteiger partial charge in [-0.15, -0.1) is 0 Å². The number of hydrogen-bond donors (Lipinski definition) is 0. The van der Waals surface area contributed by atoms with Crippen molar-refractivity contribution in [2.75, 3.05) is 6.54 Å². The molecule has 0 saturated carbocycles. The molecule has 1 aromatic heterocycles. The maximum Gasteiger partial charge on any atom is 0.227 e. The normalized spacial score (nSPS) is 13.9. The summed E-state index contributed by atoms with van der Waals surface area (Å²) in [6, 6.07) is 24.3. The highest BCUT2D eigenvalue weighted by Crippen LogP contribution is 2.22. The van der Waals surface area contributed by atoms with E-state index in [4.69, 9.17) is 9.15 Å². The summed E-state index contributed by atoms with van der Waals surface area (Å²) in [5.41, 5.74) is 3.66. The Hall–Kier alpha value is -3.37. The summed E-state index contributed by atoms with van der Waals surface area (Å²) in [7, 11) is 0. The maximum atomic E-state index is 12.6. The lowest BCUT2D eigenvalue weighted by atomic mass is 10.00. The number of ether oxygens (including phenoxy) is 1. The molecule has 0 aliphatic carbocycles. The van der Waals surface area contributed by atoms with E-state index in [1.165, 1.54) is 17.4 Å². The summed E-state index contributed by atoms with van der Waals surface area (Å²) in [5, 5.41) is 2.29. The van der Waals surface area contributed by atoms with Crippen LogP contribution in [0.25, 0.3) is 10.8 Å². The average molecular weight is 397 g/mol. The van der Waals surface area contributed by atoms with Crippen LogP contribution in [0.3, 0.4) is 0 Å². The van der Waals surface area contributed by atoms with Crippen LogP contribution in [0.15, 0.2) is 88.3 Å². The Bertz CT molecular complexity index is 1240. The van der Waals surface area contributed by atoms with Crippen molar-refractivity contribution in [1.82, 2.24) is 4.90 Å². The molecule has 4 aromatic rings. The van der Waals surface area contributed by atoms with Gasteiger partial charge in [0, 0.05) is 19.2 Å². The van der Waals surface area contributed by atoms with Crippen LogP contribution >= 0.6 is 0 Å². The number of rotatable bonds is 5. The van der Waals surface area contributed by atoms with Crippen LogP contribution in [0, 0.1) is 0 Å². The number of nitrogens with zero attached hydrogens (tertiary/aromatic N) is 1. The number of fused-ring (bicyclic) bond motifs is 2. The lowest BCUT2D eigenvalue weighted by Crippen LogP contribution is -2.30. The second kappa shape index (κ2) is 8.17. The summed E-state index contributed by atoms with van der Waals surface area (Å²) in [5.74, 6) is 0.910. The molecule has 5 rings (SSSR count). The summed E-state index contributed by atoms with van der Waals surface area (Å²) >= 11 is 0. The van der Waals surface area contributed by atoms with E-state index >= 15 is 0 Å². The first-order valence-corrected chi connectivity index (χ1v) is 10.3. The molecule has 0 atom stereocenters. The summed E-state index contributed by atoms with van der Waals surface area (Å²) < 4.78 is 11.5. The first kappa shape index (κ1) is 18.6. The van der Waals surface area contributed by atoms with Gasteiger partial charge in [-0.1, -0.05) is 66.7 Å². The molecule has 0 amide bonds. The van der Waals surface area contributed by atoms with Crippen LogP contribution in [-0.4, -0.2) is 11.4 Å². The van der Waals surface area contributed by atoms with Crippen molar-refractivity contribution < 1.29 is 9.15 Å². The Morgan fingerprint density at radius 3 is 2.63 bits per heavy atom. The minimum absolute atomic E-state index is 0.145. The van der Waals surface area contributed by atoms with Crippen molar-refractivity contribution in [1.29, 1.82) is 0 Å². The van der Waals surface area contributed by atoms with Crippen molar-refractivity contribution in [3.63, 3.8) is 0 Å². The molecular weight excluding hydrogens is 374 g/mol. The lowest BCUT2D eigenvalue weighted by molar-refractivity contribution is 0.220. The number of benzene rings is 3. The molecule has 4 nitrogen and oxygen atoms in total. The minimum Gasteiger partial charge on any atom is -0.482 e. The van der Waals surface area contributed by atoms with Gasteiger partial charge in [0.25, 0.3) is 0 Å². The average Bonchev–Trinajstić information content (AvgIpc) is 2.78. The van der Waals surface area contributed by atoms with Gasteiger partial charge in [-0.05, 0) is 33.9 Å². The van der Waals surface area contributed by atoms with Gasteiger partial charge in [-0.3, -0.25) is 9.69 Å². The minimum atomic E-state index is -0.145. The SMILES string of the molecule is O=c1cc(CN2CCc3ccccc3C2)occ1OCc1cccc2ccccc12. The Labute approximate surface area is 175 Å². The molecule has 0 spiro atoms. The van der Waals surface area contributed by atoms with Crippen molar-refractivity contribution >= 4 is 10.8 Å². The Morgan fingerprint density at radius 1 is 0.933 bits per heavy atom. The van der Waals surface area contributed by atoms with E-state index < -0.39 is 0 Å². The molecule has 0 radical (unpaired) electrons. The molecule has 30 heavy (non-hydrogen) atoms. The molecule has 150 valence electrons. The Kier molecular flexibility index (Phi) is 5.08. The Morgan fingerprint density at radius 2 is 1.73 bits per heavy atom. The van der Waals surface area contributed by atoms with Gasteiger partial charge in [0.1, 0.15) is 18.6 Å². The second-order valence-electron chi connectivity index (χ2n) is 7.73. The zero-order chi connectivity index (χ0) is 20.3. The number of hydrogen-bond acceptors (Lipinski definition) is 4. The molecule has 1 aliphatic heterocycles. The van der Waals surface area contributed by atoms with Crippen molar-refractivity contribution in [3.05, 3.63) is 112 Å². The first-order valence-electron chi connectivity index (χ1n) is 10.3. The van der Waals surface area contributed by atoms with Crippen molar-refractivity contribution in [2.24, 2.45) is 0 Å². The monoisotopic (exact) mass is 397 g/mol. The first-order chi connectivity index (χ1) is 14.8. The standard InChI is InChI=1S/C26H23NO3/c28-25-14-23(16-27-13-12-19-6-1-2-8-21(19)15-27)29-18-26(25)30-17-22-10-5-9-20-7-3-4-11-24(20)22/h1-11,14,18H,12-13,15-17H2. The molecule has 0 fully saturated rings. The van der Waals surface area contributed by atoms with Gasteiger partial charge in [-0.25, -0.2) is 0 Å². The molecule has 0 bridgehead atoms. The second-order valence-corrected chi connectivity index (χ2v) is 7.73. The molecule has 1 aliphatic rings. The van der Waals surface area contributed by atoms with Crippen LogP contribution in [0.2, 0.25) is 0 Å². The van der Waals surface area contributed by atoms with Gasteiger partial charge >= 0.3 is 0 Å². The van der Waals surface area contributed by atoms with E-state index in [0.717, 1.165) is 35.8 Å². The smallest absolute Gasteiger partial charge is 0.227 e. The summed E-state index contributed by atoms with van der Waals surface area (Å²) in [4.78, 5) is 14.9. The van der Waals surface area contributed by atoms with E-state index in [0.29, 0.717) is 18.9 Å². The lowest BCUT2D eigenvalue weighted by Gasteiger charge is -2.28. The predicted molar refractivity (Wildman–Crippen MR) is 118 cm³/mol. The van der Waals surface area contributed by atoms with Crippen molar-refractivity contribution in [2.45, 2.75) is 26.1 Å². The van der Waals surface area contributed by atoms with Crippen LogP contribution in [-0.2, 0) is 26.1 Å². The van der Waals surface area contributed by atoms with E-state index in [2.05, 4.69) is 47.4 Å². The van der Waals surface area contributed by atoms with Gasteiger partial charge in [-0.2, -0.15) is 0 Å². The molecular formula is C26H23NO3. The van der Waals surface area contributed by atoms with Crippen LogP contribution in [0.4, 0.5) is 0 Å². The third-order valence-corrected chi connectivity index (χ3v) is 5.70. The highest BCUT2D eigenvalue weighted by molar-refractivity contribution is 5.85. The van der Waals surface area contributed by atoms with Gasteiger partial charge in [0.15, 0.2) is 0 Å². The fourth-order valence-corrected chi connectivity index (χ4v) is 4.11. The molecule has 0 unspecified atom stereocenters. The molecule has 0 N–H and O–H groups in total. The zero-order valence-corrected chi connectivity index (χ0v) is 16.7. The van der Waals surface area contributed by atoms with Crippen molar-refractivity contribution in [3.8, 4) is 5.75 Å². The zero-order valence-electron chi connectivity index (χ0n) is 16.7. The van der Waals surface area contributed by atoms with E-state index in [-0.39, 0.29) is 11.2 Å². The highest BCUT2D eigenvalue weighted by atomic mass is 16.5. The maximum absolute atomic E-state index is 12.6. The Balaban J connectivity index is 1.27. The molecule has 3 aromatic carbocycles. The highest BCUT2D eigenvalue weighted by Gasteiger charge is 2.17. The third-order valence-electron chi connectivity index (χ3n) is 5.70. The fourth-order valence-electron chi connectivity index (χ4n) is 4.11. The predicted octanol–water partition coefficient (Wildman–Crippen LogP) is 4.93. The third kappa shape index (κ3) is 3.87. The summed E-state index contributed by atoms with van der Waals surface area (Å²) in [6.07, 6.45) is 2.47. The molecule has 2 heterocycles. The van der Waals surface area contributed by atoms with Gasteiger partial charge in [0.05, 0.1) is 6.54 Å². The van der Waals surface area contributed by atoms with Gasteiger partial charge in [0.2, 0.25) is 11.2 Å². The van der Waals surface area contributed by atoms with Crippen LogP contribution < -0.4 is 10.2 Å². The van der Waals surface area contributed by atoms with E-state index in [1.54, 1.807) is 6.07 Å². The van der Waals surface area contributed by atoms with Crippen LogP contribution in [0.1, 0.15) is 22.5 Å². The topological polar surface area (TPSA) is 42.7 Å². The molecule has 4 heteroatoms. The van der Waals surface area contributed by atoms with Gasteiger partial charge < -0.3 is 9.15 Å².